The molecule has 25 heavy (non-hydrogen) atoms. The average molecular weight is 335 g/mol. The maximum absolute atomic E-state index is 12.6. The Morgan fingerprint density at radius 2 is 1.76 bits per heavy atom. The molecule has 1 N–H and O–H groups in total. The van der Waals surface area contributed by atoms with E-state index in [1.165, 1.54) is 6.92 Å². The number of ketones is 1. The number of hydrogen-bond acceptors (Lipinski definition) is 3. The van der Waals surface area contributed by atoms with E-state index in [1.807, 2.05) is 59.2 Å². The standard InChI is InChI=1S/C20H21N3O2/c1-15(24)21-13-7-12-20-22-17-10-5-6-11-18(17)23(20)14-19(25)16-8-3-2-4-9-16/h2-6,8-11H,7,12-14H2,1H3,(H,21,24). The number of aryl methyl sites for hydroxylation is 1. The predicted molar refractivity (Wildman–Crippen MR) is 97.5 cm³/mol. The fourth-order valence-electron chi connectivity index (χ4n) is 2.86. The van der Waals surface area contributed by atoms with Crippen molar-refractivity contribution in [3.8, 4) is 0 Å². The van der Waals surface area contributed by atoms with Crippen LogP contribution in [-0.4, -0.2) is 27.8 Å². The number of para-hydroxylation sites is 2. The highest BCUT2D eigenvalue weighted by Gasteiger charge is 2.14. The van der Waals surface area contributed by atoms with E-state index in [-0.39, 0.29) is 18.2 Å². The van der Waals surface area contributed by atoms with Crippen LogP contribution in [0.5, 0.6) is 0 Å². The molecule has 0 fully saturated rings. The zero-order valence-electron chi connectivity index (χ0n) is 14.2. The number of carbonyl (C=O) groups is 2. The van der Waals surface area contributed by atoms with Crippen LogP contribution in [0.25, 0.3) is 11.0 Å². The Hall–Kier alpha value is -2.95. The largest absolute Gasteiger partial charge is 0.356 e. The van der Waals surface area contributed by atoms with E-state index >= 15 is 0 Å². The highest BCUT2D eigenvalue weighted by molar-refractivity contribution is 5.96. The number of fused-ring (bicyclic) bond motifs is 1. The van der Waals surface area contributed by atoms with Gasteiger partial charge in [0.05, 0.1) is 17.6 Å². The van der Waals surface area contributed by atoms with Crippen LogP contribution in [0.15, 0.2) is 54.6 Å². The first-order chi connectivity index (χ1) is 12.1. The minimum Gasteiger partial charge on any atom is -0.356 e. The van der Waals surface area contributed by atoms with Gasteiger partial charge in [0.15, 0.2) is 5.78 Å². The van der Waals surface area contributed by atoms with Gasteiger partial charge in [0.1, 0.15) is 5.82 Å². The van der Waals surface area contributed by atoms with Gasteiger partial charge in [-0.05, 0) is 18.6 Å². The van der Waals surface area contributed by atoms with Crippen LogP contribution >= 0.6 is 0 Å². The lowest BCUT2D eigenvalue weighted by atomic mass is 10.1. The summed E-state index contributed by atoms with van der Waals surface area (Å²) in [7, 11) is 0. The third-order valence-electron chi connectivity index (χ3n) is 4.08. The van der Waals surface area contributed by atoms with Crippen LogP contribution in [0.3, 0.4) is 0 Å². The molecular weight excluding hydrogens is 314 g/mol. The predicted octanol–water partition coefficient (Wildman–Crippen LogP) is 2.99. The minimum absolute atomic E-state index is 0.0345. The molecule has 0 bridgehead atoms. The number of hydrogen-bond donors (Lipinski definition) is 1. The van der Waals surface area contributed by atoms with Crippen LogP contribution in [-0.2, 0) is 17.8 Å². The Kier molecular flexibility index (Phi) is 5.23. The van der Waals surface area contributed by atoms with E-state index in [9.17, 15) is 9.59 Å². The maximum Gasteiger partial charge on any atom is 0.216 e. The number of amides is 1. The van der Waals surface area contributed by atoms with Crippen molar-refractivity contribution in [2.75, 3.05) is 6.54 Å². The van der Waals surface area contributed by atoms with Gasteiger partial charge in [0.25, 0.3) is 0 Å². The third-order valence-corrected chi connectivity index (χ3v) is 4.08. The van der Waals surface area contributed by atoms with E-state index in [0.717, 1.165) is 23.3 Å². The van der Waals surface area contributed by atoms with Crippen molar-refractivity contribution in [2.24, 2.45) is 0 Å². The van der Waals surface area contributed by atoms with E-state index in [0.29, 0.717) is 18.5 Å². The van der Waals surface area contributed by atoms with Crippen molar-refractivity contribution in [1.29, 1.82) is 0 Å². The minimum atomic E-state index is -0.0345. The van der Waals surface area contributed by atoms with Gasteiger partial charge in [0.2, 0.25) is 5.91 Å². The van der Waals surface area contributed by atoms with Crippen molar-refractivity contribution in [3.63, 3.8) is 0 Å². The number of rotatable bonds is 7. The molecule has 0 saturated carbocycles. The van der Waals surface area contributed by atoms with E-state index in [4.69, 9.17) is 0 Å². The highest BCUT2D eigenvalue weighted by Crippen LogP contribution is 2.18. The molecule has 3 aromatic rings. The molecule has 1 amide bonds. The lowest BCUT2D eigenvalue weighted by molar-refractivity contribution is -0.118. The number of carbonyl (C=O) groups excluding carboxylic acids is 2. The second-order valence-corrected chi connectivity index (χ2v) is 5.98. The lowest BCUT2D eigenvalue weighted by Gasteiger charge is -2.09. The zero-order valence-corrected chi connectivity index (χ0v) is 14.2. The third kappa shape index (κ3) is 4.12. The summed E-state index contributed by atoms with van der Waals surface area (Å²) in [5, 5.41) is 2.79. The average Bonchev–Trinajstić information content (AvgIpc) is 2.97. The molecular formula is C20H21N3O2. The van der Waals surface area contributed by atoms with Crippen LogP contribution in [0.2, 0.25) is 0 Å². The van der Waals surface area contributed by atoms with Gasteiger partial charge in [-0.1, -0.05) is 42.5 Å². The quantitative estimate of drug-likeness (QED) is 0.533. The number of Topliss-reactive ketones (excluding diaryl/α,β-unsaturated/α-hetero) is 1. The van der Waals surface area contributed by atoms with Gasteiger partial charge in [-0.2, -0.15) is 0 Å². The Labute approximate surface area is 146 Å². The zero-order chi connectivity index (χ0) is 17.6. The van der Waals surface area contributed by atoms with Gasteiger partial charge in [0, 0.05) is 25.5 Å². The molecule has 0 aliphatic carbocycles. The summed E-state index contributed by atoms with van der Waals surface area (Å²) in [5.74, 6) is 0.899. The fraction of sp³-hybridized carbons (Fsp3) is 0.250. The first-order valence-electron chi connectivity index (χ1n) is 8.42. The van der Waals surface area contributed by atoms with Crippen molar-refractivity contribution in [1.82, 2.24) is 14.9 Å². The Bertz CT molecular complexity index is 884. The fourth-order valence-corrected chi connectivity index (χ4v) is 2.86. The Morgan fingerprint density at radius 3 is 2.52 bits per heavy atom. The summed E-state index contributed by atoms with van der Waals surface area (Å²) in [5.41, 5.74) is 2.55. The number of nitrogens with zero attached hydrogens (tertiary/aromatic N) is 2. The van der Waals surface area contributed by atoms with Crippen LogP contribution in [0.4, 0.5) is 0 Å². The molecule has 5 heteroatoms. The summed E-state index contributed by atoms with van der Waals surface area (Å²) >= 11 is 0. The molecule has 3 rings (SSSR count). The van der Waals surface area contributed by atoms with E-state index < -0.39 is 0 Å². The summed E-state index contributed by atoms with van der Waals surface area (Å²) < 4.78 is 1.98. The Balaban J connectivity index is 1.83. The molecule has 5 nitrogen and oxygen atoms in total. The molecule has 2 aromatic carbocycles. The van der Waals surface area contributed by atoms with Crippen LogP contribution in [0.1, 0.15) is 29.5 Å². The van der Waals surface area contributed by atoms with Gasteiger partial charge < -0.3 is 9.88 Å². The van der Waals surface area contributed by atoms with Crippen molar-refractivity contribution in [3.05, 3.63) is 66.0 Å². The monoisotopic (exact) mass is 335 g/mol. The first-order valence-corrected chi connectivity index (χ1v) is 8.42. The second-order valence-electron chi connectivity index (χ2n) is 5.98. The molecule has 128 valence electrons. The molecule has 0 aliphatic heterocycles. The molecule has 0 aliphatic rings. The normalized spacial score (nSPS) is 10.8. The summed E-state index contributed by atoms with van der Waals surface area (Å²) in [6, 6.07) is 17.1. The van der Waals surface area contributed by atoms with Crippen molar-refractivity contribution in [2.45, 2.75) is 26.3 Å². The van der Waals surface area contributed by atoms with E-state index in [2.05, 4.69) is 10.3 Å². The SMILES string of the molecule is CC(=O)NCCCc1nc2ccccc2n1CC(=O)c1ccccc1. The Morgan fingerprint density at radius 1 is 1.04 bits per heavy atom. The molecule has 0 saturated heterocycles. The number of aromatic nitrogens is 2. The van der Waals surface area contributed by atoms with Crippen LogP contribution in [0, 0.1) is 0 Å². The number of nitrogens with one attached hydrogen (secondary N) is 1. The second kappa shape index (κ2) is 7.75. The van der Waals surface area contributed by atoms with Gasteiger partial charge in [-0.3, -0.25) is 9.59 Å². The van der Waals surface area contributed by atoms with Crippen LogP contribution < -0.4 is 5.32 Å². The molecule has 0 radical (unpaired) electrons. The molecule has 1 aromatic heterocycles. The van der Waals surface area contributed by atoms with Gasteiger partial charge in [-0.25, -0.2) is 4.98 Å². The molecule has 1 heterocycles. The summed E-state index contributed by atoms with van der Waals surface area (Å²) in [4.78, 5) is 28.3. The molecule has 0 spiro atoms. The number of benzene rings is 2. The van der Waals surface area contributed by atoms with Crippen molar-refractivity contribution >= 4 is 22.7 Å². The van der Waals surface area contributed by atoms with E-state index in [1.54, 1.807) is 0 Å². The first kappa shape index (κ1) is 16.9. The van der Waals surface area contributed by atoms with Gasteiger partial charge in [-0.15, -0.1) is 0 Å². The molecule has 0 unspecified atom stereocenters. The van der Waals surface area contributed by atoms with Gasteiger partial charge >= 0.3 is 0 Å². The highest BCUT2D eigenvalue weighted by atomic mass is 16.1. The summed E-state index contributed by atoms with van der Waals surface area (Å²) in [6.07, 6.45) is 1.49. The van der Waals surface area contributed by atoms with Crippen molar-refractivity contribution < 1.29 is 9.59 Å². The summed E-state index contributed by atoms with van der Waals surface area (Å²) in [6.45, 7) is 2.37. The smallest absolute Gasteiger partial charge is 0.216 e. The maximum atomic E-state index is 12.6. The molecule has 0 atom stereocenters. The number of imidazole rings is 1. The lowest BCUT2D eigenvalue weighted by Crippen LogP contribution is -2.22. The topological polar surface area (TPSA) is 64.0 Å².